The molecule has 0 heterocycles. The van der Waals surface area contributed by atoms with E-state index in [2.05, 4.69) is 0 Å². The molecule has 0 saturated carbocycles. The molecule has 0 spiro atoms. The van der Waals surface area contributed by atoms with Crippen LogP contribution in [-0.2, 0) is 11.2 Å². The maximum atomic E-state index is 11.4. The maximum Gasteiger partial charge on any atom is 0.133 e. The van der Waals surface area contributed by atoms with Gasteiger partial charge in [0, 0.05) is 11.8 Å². The van der Waals surface area contributed by atoms with Crippen molar-refractivity contribution in [2.24, 2.45) is 5.92 Å². The Morgan fingerprint density at radius 3 is 2.50 bits per heavy atom. The third-order valence-corrected chi connectivity index (χ3v) is 3.46. The molecular weight excluding hydrogens is 266 g/mol. The van der Waals surface area contributed by atoms with Gasteiger partial charge in [-0.1, -0.05) is 29.3 Å². The van der Waals surface area contributed by atoms with E-state index in [1.54, 1.807) is 19.1 Å². The molecule has 0 N–H and O–H groups in total. The zero-order valence-electron chi connectivity index (χ0n) is 8.97. The molecule has 0 aliphatic carbocycles. The lowest BCUT2D eigenvalue weighted by Gasteiger charge is -2.12. The second kappa shape index (κ2) is 6.48. The van der Waals surface area contributed by atoms with E-state index in [9.17, 15) is 4.79 Å². The summed E-state index contributed by atoms with van der Waals surface area (Å²) in [5, 5.41) is 1.05. The van der Waals surface area contributed by atoms with Crippen LogP contribution >= 0.6 is 34.8 Å². The molecule has 1 nitrogen and oxygen atoms in total. The molecule has 4 heteroatoms. The monoisotopic (exact) mass is 278 g/mol. The Hall–Kier alpha value is -0.240. The molecule has 0 bridgehead atoms. The van der Waals surface area contributed by atoms with E-state index in [4.69, 9.17) is 34.8 Å². The molecule has 1 aromatic rings. The van der Waals surface area contributed by atoms with E-state index < -0.39 is 0 Å². The second-order valence-corrected chi connectivity index (χ2v) is 4.93. The van der Waals surface area contributed by atoms with Gasteiger partial charge in [0.1, 0.15) is 5.78 Å². The van der Waals surface area contributed by atoms with Crippen molar-refractivity contribution in [3.8, 4) is 0 Å². The summed E-state index contributed by atoms with van der Waals surface area (Å²) in [6.45, 7) is 1.59. The van der Waals surface area contributed by atoms with Gasteiger partial charge in [0.25, 0.3) is 0 Å². The standard InChI is InChI=1S/C12H13Cl3O/c1-8(16)10(4-5-13)6-9-2-3-11(14)12(15)7-9/h2-3,7,10H,4-6H2,1H3. The van der Waals surface area contributed by atoms with Crippen molar-refractivity contribution in [2.45, 2.75) is 19.8 Å². The molecule has 0 radical (unpaired) electrons. The summed E-state index contributed by atoms with van der Waals surface area (Å²) in [5.74, 6) is 0.618. The van der Waals surface area contributed by atoms with Crippen LogP contribution in [0.3, 0.4) is 0 Å². The molecule has 88 valence electrons. The first-order valence-electron chi connectivity index (χ1n) is 5.05. The van der Waals surface area contributed by atoms with Crippen LogP contribution in [0.2, 0.25) is 10.0 Å². The molecule has 1 atom stereocenters. The fraction of sp³-hybridized carbons (Fsp3) is 0.417. The summed E-state index contributed by atoms with van der Waals surface area (Å²) in [6.07, 6.45) is 1.36. The van der Waals surface area contributed by atoms with Crippen molar-refractivity contribution >= 4 is 40.6 Å². The largest absolute Gasteiger partial charge is 0.300 e. The Labute approximate surface area is 111 Å². The maximum absolute atomic E-state index is 11.4. The first kappa shape index (κ1) is 13.8. The van der Waals surface area contributed by atoms with E-state index in [0.717, 1.165) is 5.56 Å². The highest BCUT2D eigenvalue weighted by molar-refractivity contribution is 6.42. The number of halogens is 3. The number of Topliss-reactive ketones (excluding diaryl/α,β-unsaturated/α-hetero) is 1. The van der Waals surface area contributed by atoms with Crippen LogP contribution in [0.25, 0.3) is 0 Å². The summed E-state index contributed by atoms with van der Waals surface area (Å²) < 4.78 is 0. The first-order valence-corrected chi connectivity index (χ1v) is 6.34. The third kappa shape index (κ3) is 3.97. The highest BCUT2D eigenvalue weighted by Gasteiger charge is 2.14. The Morgan fingerprint density at radius 2 is 2.00 bits per heavy atom. The lowest BCUT2D eigenvalue weighted by molar-refractivity contribution is -0.120. The fourth-order valence-electron chi connectivity index (χ4n) is 1.53. The minimum Gasteiger partial charge on any atom is -0.300 e. The minimum atomic E-state index is -0.0326. The smallest absolute Gasteiger partial charge is 0.133 e. The Morgan fingerprint density at radius 1 is 1.31 bits per heavy atom. The molecule has 1 unspecified atom stereocenters. The lowest BCUT2D eigenvalue weighted by atomic mass is 9.94. The van der Waals surface area contributed by atoms with Gasteiger partial charge in [0.15, 0.2) is 0 Å². The average molecular weight is 280 g/mol. The molecular formula is C12H13Cl3O. The molecule has 16 heavy (non-hydrogen) atoms. The number of benzene rings is 1. The SMILES string of the molecule is CC(=O)C(CCCl)Cc1ccc(Cl)c(Cl)c1. The topological polar surface area (TPSA) is 17.1 Å². The van der Waals surface area contributed by atoms with Crippen LogP contribution < -0.4 is 0 Å². The van der Waals surface area contributed by atoms with Gasteiger partial charge in [-0.15, -0.1) is 11.6 Å². The van der Waals surface area contributed by atoms with Gasteiger partial charge >= 0.3 is 0 Å². The van der Waals surface area contributed by atoms with Gasteiger partial charge in [0.2, 0.25) is 0 Å². The quantitative estimate of drug-likeness (QED) is 0.732. The summed E-state index contributed by atoms with van der Waals surface area (Å²) in [6, 6.07) is 5.43. The molecule has 0 aliphatic heterocycles. The van der Waals surface area contributed by atoms with E-state index in [1.165, 1.54) is 0 Å². The molecule has 0 fully saturated rings. The Kier molecular flexibility index (Phi) is 5.60. The van der Waals surface area contributed by atoms with E-state index in [1.807, 2.05) is 6.07 Å². The van der Waals surface area contributed by atoms with Gasteiger partial charge in [0.05, 0.1) is 10.0 Å². The van der Waals surface area contributed by atoms with Crippen LogP contribution in [-0.4, -0.2) is 11.7 Å². The Balaban J connectivity index is 2.77. The van der Waals surface area contributed by atoms with Crippen LogP contribution in [0.15, 0.2) is 18.2 Å². The molecule has 0 amide bonds. The molecule has 1 aromatic carbocycles. The highest BCUT2D eigenvalue weighted by atomic mass is 35.5. The molecule has 1 rings (SSSR count). The van der Waals surface area contributed by atoms with Crippen molar-refractivity contribution in [3.63, 3.8) is 0 Å². The predicted molar refractivity (Wildman–Crippen MR) is 69.7 cm³/mol. The van der Waals surface area contributed by atoms with Gasteiger partial charge in [-0.25, -0.2) is 0 Å². The van der Waals surface area contributed by atoms with E-state index in [-0.39, 0.29) is 11.7 Å². The average Bonchev–Trinajstić information content (AvgIpc) is 2.22. The molecule has 0 aromatic heterocycles. The van der Waals surface area contributed by atoms with Gasteiger partial charge in [-0.2, -0.15) is 0 Å². The number of rotatable bonds is 5. The summed E-state index contributed by atoms with van der Waals surface area (Å²) in [7, 11) is 0. The summed E-state index contributed by atoms with van der Waals surface area (Å²) in [4.78, 5) is 11.4. The van der Waals surface area contributed by atoms with Gasteiger partial charge < -0.3 is 0 Å². The van der Waals surface area contributed by atoms with Crippen LogP contribution in [0.5, 0.6) is 0 Å². The molecule has 0 aliphatic rings. The minimum absolute atomic E-state index is 0.0326. The van der Waals surface area contributed by atoms with Crippen LogP contribution in [0, 0.1) is 5.92 Å². The zero-order valence-corrected chi connectivity index (χ0v) is 11.2. The van der Waals surface area contributed by atoms with E-state index >= 15 is 0 Å². The summed E-state index contributed by atoms with van der Waals surface area (Å²) in [5.41, 5.74) is 1.01. The number of carbonyl (C=O) groups is 1. The van der Waals surface area contributed by atoms with E-state index in [0.29, 0.717) is 28.8 Å². The normalized spacial score (nSPS) is 12.5. The van der Waals surface area contributed by atoms with Crippen LogP contribution in [0.4, 0.5) is 0 Å². The van der Waals surface area contributed by atoms with Gasteiger partial charge in [-0.05, 0) is 37.5 Å². The molecule has 0 saturated heterocycles. The van der Waals surface area contributed by atoms with Crippen molar-refractivity contribution in [3.05, 3.63) is 33.8 Å². The number of ketones is 1. The summed E-state index contributed by atoms with van der Waals surface area (Å²) >= 11 is 17.4. The third-order valence-electron chi connectivity index (χ3n) is 2.50. The highest BCUT2D eigenvalue weighted by Crippen LogP contribution is 2.24. The van der Waals surface area contributed by atoms with Crippen molar-refractivity contribution in [1.29, 1.82) is 0 Å². The van der Waals surface area contributed by atoms with Crippen molar-refractivity contribution < 1.29 is 4.79 Å². The van der Waals surface area contributed by atoms with Crippen molar-refractivity contribution in [2.75, 3.05) is 5.88 Å². The predicted octanol–water partition coefficient (Wildman–Crippen LogP) is 4.37. The number of carbonyl (C=O) groups excluding carboxylic acids is 1. The van der Waals surface area contributed by atoms with Crippen molar-refractivity contribution in [1.82, 2.24) is 0 Å². The number of alkyl halides is 1. The first-order chi connectivity index (χ1) is 7.54. The van der Waals surface area contributed by atoms with Gasteiger partial charge in [-0.3, -0.25) is 4.79 Å². The van der Waals surface area contributed by atoms with Crippen LogP contribution in [0.1, 0.15) is 18.9 Å². The second-order valence-electron chi connectivity index (χ2n) is 3.74. The Bertz CT molecular complexity index is 377. The fourth-order valence-corrected chi connectivity index (χ4v) is 2.12. The lowest BCUT2D eigenvalue weighted by Crippen LogP contribution is -2.14. The zero-order chi connectivity index (χ0) is 12.1. The number of hydrogen-bond donors (Lipinski definition) is 0. The number of hydrogen-bond acceptors (Lipinski definition) is 1.